The maximum absolute atomic E-state index is 10.9. The molecule has 1 N–H and O–H groups in total. The van der Waals surface area contributed by atoms with Gasteiger partial charge in [-0.1, -0.05) is 19.9 Å². The first kappa shape index (κ1) is 12.2. The van der Waals surface area contributed by atoms with Crippen LogP contribution in [0, 0.1) is 6.42 Å². The first-order chi connectivity index (χ1) is 6.07. The van der Waals surface area contributed by atoms with Gasteiger partial charge in [-0.2, -0.15) is 0 Å². The number of carbonyl (C=O) groups excluding carboxylic acids is 1. The average molecular weight is 185 g/mol. The molecule has 0 fully saturated rings. The van der Waals surface area contributed by atoms with Crippen LogP contribution in [-0.4, -0.2) is 23.8 Å². The van der Waals surface area contributed by atoms with Crippen molar-refractivity contribution in [3.05, 3.63) is 18.6 Å². The Labute approximate surface area is 79.4 Å². The number of hydrogen-bond donors (Lipinski definition) is 1. The van der Waals surface area contributed by atoms with Gasteiger partial charge in [0.2, 0.25) is 0 Å². The third-order valence-corrected chi connectivity index (χ3v) is 1.48. The number of esters is 1. The molecule has 0 heterocycles. The van der Waals surface area contributed by atoms with Crippen molar-refractivity contribution in [1.29, 1.82) is 0 Å². The quantitative estimate of drug-likeness (QED) is 0.503. The van der Waals surface area contributed by atoms with Gasteiger partial charge in [-0.3, -0.25) is 0 Å². The first-order valence-electron chi connectivity index (χ1n) is 4.40. The molecule has 3 heteroatoms. The van der Waals surface area contributed by atoms with E-state index in [0.717, 1.165) is 6.42 Å². The normalized spacial score (nSPS) is 12.2. The highest BCUT2D eigenvalue weighted by molar-refractivity contribution is 5.86. The summed E-state index contributed by atoms with van der Waals surface area (Å²) in [5.41, 5.74) is 0.353. The molecule has 3 nitrogen and oxygen atoms in total. The summed E-state index contributed by atoms with van der Waals surface area (Å²) in [5.74, 6) is -0.449. The van der Waals surface area contributed by atoms with E-state index in [9.17, 15) is 9.90 Å². The zero-order valence-corrected chi connectivity index (χ0v) is 8.25. The molecule has 0 aromatic carbocycles. The maximum atomic E-state index is 10.9. The molecule has 75 valence electrons. The zero-order chi connectivity index (χ0) is 10.3. The van der Waals surface area contributed by atoms with Crippen LogP contribution in [0.1, 0.15) is 26.7 Å². The summed E-state index contributed by atoms with van der Waals surface area (Å²) in [7, 11) is 0. The van der Waals surface area contributed by atoms with Crippen LogP contribution in [0.15, 0.2) is 12.2 Å². The molecule has 0 aliphatic rings. The van der Waals surface area contributed by atoms with Gasteiger partial charge in [0.25, 0.3) is 0 Å². The highest BCUT2D eigenvalue weighted by Crippen LogP contribution is 2.01. The topological polar surface area (TPSA) is 46.5 Å². The Morgan fingerprint density at radius 3 is 2.77 bits per heavy atom. The first-order valence-corrected chi connectivity index (χ1v) is 4.40. The van der Waals surface area contributed by atoms with E-state index in [2.05, 4.69) is 6.58 Å². The molecule has 0 aliphatic carbocycles. The number of aliphatic hydroxyl groups is 1. The van der Waals surface area contributed by atoms with Gasteiger partial charge < -0.3 is 9.84 Å². The van der Waals surface area contributed by atoms with Gasteiger partial charge in [0, 0.05) is 5.57 Å². The summed E-state index contributed by atoms with van der Waals surface area (Å²) >= 11 is 0. The van der Waals surface area contributed by atoms with Crippen molar-refractivity contribution in [1.82, 2.24) is 0 Å². The van der Waals surface area contributed by atoms with Crippen molar-refractivity contribution in [2.45, 2.75) is 32.8 Å². The standard InChI is InChI=1S/C10H17O3/c1-4-5-6-9(11)7-13-10(12)8(2)3/h5,9,11H,2,4,6-7H2,1,3H3. The van der Waals surface area contributed by atoms with Crippen molar-refractivity contribution in [3.8, 4) is 0 Å². The summed E-state index contributed by atoms with van der Waals surface area (Å²) in [6, 6.07) is 0. The lowest BCUT2D eigenvalue weighted by Gasteiger charge is -2.10. The monoisotopic (exact) mass is 185 g/mol. The van der Waals surface area contributed by atoms with Gasteiger partial charge in [0.15, 0.2) is 0 Å². The largest absolute Gasteiger partial charge is 0.460 e. The summed E-state index contributed by atoms with van der Waals surface area (Å²) in [4.78, 5) is 10.9. The molecule has 0 amide bonds. The lowest BCUT2D eigenvalue weighted by molar-refractivity contribution is -0.141. The second kappa shape index (κ2) is 6.66. The molecular weight excluding hydrogens is 168 g/mol. The van der Waals surface area contributed by atoms with Crippen molar-refractivity contribution < 1.29 is 14.6 Å². The van der Waals surface area contributed by atoms with Crippen LogP contribution in [0.25, 0.3) is 0 Å². The molecule has 0 aliphatic heterocycles. The van der Waals surface area contributed by atoms with Gasteiger partial charge in [0.1, 0.15) is 6.61 Å². The molecule has 0 saturated heterocycles. The molecule has 1 atom stereocenters. The highest BCUT2D eigenvalue weighted by Gasteiger charge is 2.08. The smallest absolute Gasteiger partial charge is 0.333 e. The van der Waals surface area contributed by atoms with Gasteiger partial charge in [-0.15, -0.1) is 0 Å². The number of hydrogen-bond acceptors (Lipinski definition) is 3. The van der Waals surface area contributed by atoms with Crippen LogP contribution in [0.2, 0.25) is 0 Å². The molecule has 1 radical (unpaired) electrons. The Balaban J connectivity index is 3.51. The van der Waals surface area contributed by atoms with Crippen LogP contribution in [0.4, 0.5) is 0 Å². The minimum absolute atomic E-state index is 0.0438. The minimum Gasteiger partial charge on any atom is -0.460 e. The van der Waals surface area contributed by atoms with E-state index in [-0.39, 0.29) is 6.61 Å². The molecule has 1 unspecified atom stereocenters. The fourth-order valence-corrected chi connectivity index (χ4v) is 0.722. The molecule has 0 saturated carbocycles. The number of unbranched alkanes of at least 4 members (excludes halogenated alkanes) is 1. The summed E-state index contributed by atoms with van der Waals surface area (Å²) < 4.78 is 4.75. The highest BCUT2D eigenvalue weighted by atomic mass is 16.5. The summed E-state index contributed by atoms with van der Waals surface area (Å²) in [6.45, 7) is 7.04. The fraction of sp³-hybridized carbons (Fsp3) is 0.600. The number of rotatable bonds is 6. The molecule has 0 bridgehead atoms. The molecular formula is C10H17O3. The van der Waals surface area contributed by atoms with E-state index in [4.69, 9.17) is 4.74 Å². The number of aliphatic hydroxyl groups excluding tert-OH is 1. The minimum atomic E-state index is -0.594. The van der Waals surface area contributed by atoms with Crippen molar-refractivity contribution in [2.75, 3.05) is 6.61 Å². The predicted octanol–water partition coefficient (Wildman–Crippen LogP) is 1.47. The van der Waals surface area contributed by atoms with E-state index >= 15 is 0 Å². The Kier molecular flexibility index (Phi) is 6.24. The Bertz CT molecular complexity index is 175. The third-order valence-electron chi connectivity index (χ3n) is 1.48. The lowest BCUT2D eigenvalue weighted by atomic mass is 10.2. The third kappa shape index (κ3) is 6.34. The van der Waals surface area contributed by atoms with Gasteiger partial charge in [-0.25, -0.2) is 4.79 Å². The second-order valence-electron chi connectivity index (χ2n) is 2.97. The van der Waals surface area contributed by atoms with Crippen LogP contribution >= 0.6 is 0 Å². The van der Waals surface area contributed by atoms with Crippen LogP contribution < -0.4 is 0 Å². The van der Waals surface area contributed by atoms with Gasteiger partial charge >= 0.3 is 5.97 Å². The number of carbonyl (C=O) groups is 1. The fourth-order valence-electron chi connectivity index (χ4n) is 0.722. The Morgan fingerprint density at radius 2 is 2.31 bits per heavy atom. The molecule has 0 spiro atoms. The van der Waals surface area contributed by atoms with Crippen molar-refractivity contribution in [3.63, 3.8) is 0 Å². The van der Waals surface area contributed by atoms with E-state index in [0.29, 0.717) is 12.0 Å². The number of ether oxygens (including phenoxy) is 1. The van der Waals surface area contributed by atoms with E-state index < -0.39 is 12.1 Å². The van der Waals surface area contributed by atoms with E-state index in [1.54, 1.807) is 6.92 Å². The SMILES string of the molecule is C=C(C)C(=O)OCC(O)C[CH]CC. The predicted molar refractivity (Wildman–Crippen MR) is 51.0 cm³/mol. The molecule has 0 rings (SSSR count). The maximum Gasteiger partial charge on any atom is 0.333 e. The summed E-state index contributed by atoms with van der Waals surface area (Å²) in [5, 5.41) is 9.27. The zero-order valence-electron chi connectivity index (χ0n) is 8.25. The molecule has 13 heavy (non-hydrogen) atoms. The van der Waals surface area contributed by atoms with Crippen LogP contribution in [0.3, 0.4) is 0 Å². The Morgan fingerprint density at radius 1 is 1.69 bits per heavy atom. The van der Waals surface area contributed by atoms with Crippen molar-refractivity contribution in [2.24, 2.45) is 0 Å². The lowest BCUT2D eigenvalue weighted by Crippen LogP contribution is -2.18. The molecule has 0 aromatic rings. The van der Waals surface area contributed by atoms with E-state index in [1.165, 1.54) is 0 Å². The van der Waals surface area contributed by atoms with Crippen LogP contribution in [0.5, 0.6) is 0 Å². The van der Waals surface area contributed by atoms with Crippen LogP contribution in [-0.2, 0) is 9.53 Å². The average Bonchev–Trinajstić information content (AvgIpc) is 2.10. The van der Waals surface area contributed by atoms with Gasteiger partial charge in [0.05, 0.1) is 6.10 Å². The van der Waals surface area contributed by atoms with Crippen molar-refractivity contribution >= 4 is 5.97 Å². The second-order valence-corrected chi connectivity index (χ2v) is 2.97. The van der Waals surface area contributed by atoms with Gasteiger partial charge in [-0.05, 0) is 19.8 Å². The Hall–Kier alpha value is -0.830. The van der Waals surface area contributed by atoms with E-state index in [1.807, 2.05) is 13.3 Å². The molecule has 0 aromatic heterocycles. The summed E-state index contributed by atoms with van der Waals surface area (Å²) in [6.07, 6.45) is 2.81.